The summed E-state index contributed by atoms with van der Waals surface area (Å²) in [6.07, 6.45) is 1.93. The fraction of sp³-hybridized carbons (Fsp3) is 0.533. The van der Waals surface area contributed by atoms with Crippen LogP contribution < -0.4 is 10.6 Å². The van der Waals surface area contributed by atoms with E-state index in [4.69, 9.17) is 0 Å². The molecule has 0 aliphatic heterocycles. The number of thiophene rings is 1. The second-order valence-corrected chi connectivity index (χ2v) is 7.17. The smallest absolute Gasteiger partial charge is 0.191 e. The van der Waals surface area contributed by atoms with Crippen molar-refractivity contribution in [3.05, 3.63) is 35.0 Å². The Bertz CT molecular complexity index is 417. The van der Waals surface area contributed by atoms with Crippen molar-refractivity contribution in [1.29, 1.82) is 0 Å². The van der Waals surface area contributed by atoms with Gasteiger partial charge in [-0.1, -0.05) is 26.0 Å². The minimum absolute atomic E-state index is 0. The number of halogens is 1. The number of hydrogen-bond acceptors (Lipinski definition) is 3. The first-order chi connectivity index (χ1) is 9.60. The Morgan fingerprint density at radius 2 is 2.24 bits per heavy atom. The third-order valence-electron chi connectivity index (χ3n) is 2.88. The number of guanidine groups is 1. The third kappa shape index (κ3) is 8.11. The number of nitrogens with one attached hydrogen (secondary N) is 2. The lowest BCUT2D eigenvalue weighted by Gasteiger charge is -2.25. The van der Waals surface area contributed by atoms with Crippen LogP contribution in [0.2, 0.25) is 0 Å². The first kappa shape index (κ1) is 20.8. The fourth-order valence-electron chi connectivity index (χ4n) is 1.68. The van der Waals surface area contributed by atoms with Gasteiger partial charge in [0.15, 0.2) is 5.96 Å². The largest absolute Gasteiger partial charge is 0.356 e. The standard InChI is InChI=1S/C15H25N3S2.HI/c1-5-9-19-11-8-17-14(16-4)18-12-15(2,3)13-7-6-10-20-13;/h5-7,10H,1,8-9,11-12H2,2-4H3,(H2,16,17,18);1H. The van der Waals surface area contributed by atoms with Crippen LogP contribution in [0.1, 0.15) is 18.7 Å². The van der Waals surface area contributed by atoms with Gasteiger partial charge >= 0.3 is 0 Å². The molecule has 1 aromatic rings. The van der Waals surface area contributed by atoms with Crippen LogP contribution in [0, 0.1) is 0 Å². The van der Waals surface area contributed by atoms with Crippen LogP contribution in [0.25, 0.3) is 0 Å². The summed E-state index contributed by atoms with van der Waals surface area (Å²) in [5.74, 6) is 2.93. The van der Waals surface area contributed by atoms with E-state index in [1.807, 2.05) is 24.9 Å². The van der Waals surface area contributed by atoms with Crippen LogP contribution >= 0.6 is 47.1 Å². The molecule has 0 spiro atoms. The molecule has 0 atom stereocenters. The zero-order chi connectivity index (χ0) is 14.8. The summed E-state index contributed by atoms with van der Waals surface area (Å²) in [4.78, 5) is 5.65. The van der Waals surface area contributed by atoms with Gasteiger partial charge in [0.2, 0.25) is 0 Å². The van der Waals surface area contributed by atoms with Crippen LogP contribution in [0.3, 0.4) is 0 Å². The molecular weight excluding hydrogens is 413 g/mol. The van der Waals surface area contributed by atoms with E-state index in [9.17, 15) is 0 Å². The van der Waals surface area contributed by atoms with Crippen molar-refractivity contribution in [2.45, 2.75) is 19.3 Å². The van der Waals surface area contributed by atoms with Gasteiger partial charge in [0, 0.05) is 41.9 Å². The Balaban J connectivity index is 0.00000400. The summed E-state index contributed by atoms with van der Waals surface area (Å²) >= 11 is 3.67. The molecule has 1 rings (SSSR count). The van der Waals surface area contributed by atoms with Gasteiger partial charge in [-0.3, -0.25) is 4.99 Å². The highest BCUT2D eigenvalue weighted by Gasteiger charge is 2.21. The van der Waals surface area contributed by atoms with Crippen LogP contribution in [-0.2, 0) is 5.41 Å². The maximum Gasteiger partial charge on any atom is 0.191 e. The van der Waals surface area contributed by atoms with Gasteiger partial charge in [-0.2, -0.15) is 11.8 Å². The van der Waals surface area contributed by atoms with E-state index in [0.29, 0.717) is 0 Å². The SMILES string of the molecule is C=CCSCCNC(=NC)NCC(C)(C)c1cccs1.I. The normalized spacial score (nSPS) is 11.7. The summed E-state index contributed by atoms with van der Waals surface area (Å²) in [7, 11) is 1.81. The molecular formula is C15H26IN3S2. The first-order valence-electron chi connectivity index (χ1n) is 6.77. The highest BCUT2D eigenvalue weighted by atomic mass is 127. The lowest BCUT2D eigenvalue weighted by Crippen LogP contribution is -2.43. The van der Waals surface area contributed by atoms with Crippen LogP contribution in [0.4, 0.5) is 0 Å². The highest BCUT2D eigenvalue weighted by molar-refractivity contribution is 14.0. The van der Waals surface area contributed by atoms with Crippen LogP contribution in [0.5, 0.6) is 0 Å². The molecule has 0 aliphatic rings. The molecule has 0 saturated carbocycles. The number of aliphatic imine (C=N–C) groups is 1. The molecule has 120 valence electrons. The van der Waals surface area contributed by atoms with Gasteiger partial charge in [-0.25, -0.2) is 0 Å². The van der Waals surface area contributed by atoms with Crippen LogP contribution in [-0.4, -0.2) is 37.6 Å². The number of nitrogens with zero attached hydrogens (tertiary/aromatic N) is 1. The lowest BCUT2D eigenvalue weighted by molar-refractivity contribution is 0.519. The van der Waals surface area contributed by atoms with E-state index in [2.05, 4.69) is 53.6 Å². The van der Waals surface area contributed by atoms with E-state index in [1.165, 1.54) is 4.88 Å². The van der Waals surface area contributed by atoms with Crippen molar-refractivity contribution in [2.75, 3.05) is 31.6 Å². The molecule has 0 fully saturated rings. The minimum Gasteiger partial charge on any atom is -0.356 e. The number of rotatable bonds is 8. The lowest BCUT2D eigenvalue weighted by atomic mass is 9.91. The molecule has 21 heavy (non-hydrogen) atoms. The maximum atomic E-state index is 4.26. The van der Waals surface area contributed by atoms with Crippen molar-refractivity contribution in [2.24, 2.45) is 4.99 Å². The van der Waals surface area contributed by atoms with E-state index in [-0.39, 0.29) is 29.4 Å². The van der Waals surface area contributed by atoms with Gasteiger partial charge in [-0.15, -0.1) is 41.9 Å². The Kier molecular flexibility index (Phi) is 11.3. The van der Waals surface area contributed by atoms with Crippen molar-refractivity contribution < 1.29 is 0 Å². The summed E-state index contributed by atoms with van der Waals surface area (Å²) in [6.45, 7) is 9.99. The predicted molar refractivity (Wildman–Crippen MR) is 110 cm³/mol. The van der Waals surface area contributed by atoms with Crippen molar-refractivity contribution in [3.8, 4) is 0 Å². The molecule has 2 N–H and O–H groups in total. The minimum atomic E-state index is 0. The van der Waals surface area contributed by atoms with E-state index in [0.717, 1.165) is 30.6 Å². The number of thioether (sulfide) groups is 1. The van der Waals surface area contributed by atoms with Crippen molar-refractivity contribution in [1.82, 2.24) is 10.6 Å². The van der Waals surface area contributed by atoms with Gasteiger partial charge < -0.3 is 10.6 Å². The average molecular weight is 439 g/mol. The molecule has 0 unspecified atom stereocenters. The zero-order valence-electron chi connectivity index (χ0n) is 13.0. The summed E-state index contributed by atoms with van der Waals surface area (Å²) in [6, 6.07) is 4.29. The summed E-state index contributed by atoms with van der Waals surface area (Å²) in [5, 5.41) is 8.86. The molecule has 0 saturated heterocycles. The van der Waals surface area contributed by atoms with E-state index < -0.39 is 0 Å². The zero-order valence-corrected chi connectivity index (χ0v) is 17.0. The number of hydrogen-bond donors (Lipinski definition) is 2. The molecule has 0 bridgehead atoms. The Morgan fingerprint density at radius 3 is 2.81 bits per heavy atom. The predicted octanol–water partition coefficient (Wildman–Crippen LogP) is 3.73. The van der Waals surface area contributed by atoms with Crippen LogP contribution in [0.15, 0.2) is 35.2 Å². The Morgan fingerprint density at radius 1 is 1.48 bits per heavy atom. The van der Waals surface area contributed by atoms with E-state index in [1.54, 1.807) is 11.3 Å². The average Bonchev–Trinajstić information content (AvgIpc) is 2.97. The quantitative estimate of drug-likeness (QED) is 0.213. The van der Waals surface area contributed by atoms with Gasteiger partial charge in [0.25, 0.3) is 0 Å². The summed E-state index contributed by atoms with van der Waals surface area (Å²) < 4.78 is 0. The third-order valence-corrected chi connectivity index (χ3v) is 5.08. The van der Waals surface area contributed by atoms with E-state index >= 15 is 0 Å². The molecule has 0 aliphatic carbocycles. The molecule has 0 amide bonds. The topological polar surface area (TPSA) is 36.4 Å². The van der Waals surface area contributed by atoms with Crippen molar-refractivity contribution >= 4 is 53.0 Å². The molecule has 3 nitrogen and oxygen atoms in total. The second kappa shape index (κ2) is 11.4. The fourth-order valence-corrected chi connectivity index (χ4v) is 3.12. The first-order valence-corrected chi connectivity index (χ1v) is 8.80. The van der Waals surface area contributed by atoms with Gasteiger partial charge in [-0.05, 0) is 11.4 Å². The molecule has 1 heterocycles. The Labute approximate surface area is 154 Å². The van der Waals surface area contributed by atoms with Gasteiger partial charge in [0.1, 0.15) is 0 Å². The maximum absolute atomic E-state index is 4.26. The molecule has 6 heteroatoms. The van der Waals surface area contributed by atoms with Crippen molar-refractivity contribution in [3.63, 3.8) is 0 Å². The molecule has 0 radical (unpaired) electrons. The monoisotopic (exact) mass is 439 g/mol. The molecule has 1 aromatic heterocycles. The van der Waals surface area contributed by atoms with Gasteiger partial charge in [0.05, 0.1) is 0 Å². The molecule has 0 aromatic carbocycles. The second-order valence-electron chi connectivity index (χ2n) is 5.08. The summed E-state index contributed by atoms with van der Waals surface area (Å²) in [5.41, 5.74) is 0.114. The Hall–Kier alpha value is -0.210. The highest BCUT2D eigenvalue weighted by Crippen LogP contribution is 2.26.